The Hall–Kier alpha value is -0.570. The van der Waals surface area contributed by atoms with Crippen LogP contribution in [0, 0.1) is 5.92 Å². The second-order valence-electron chi connectivity index (χ2n) is 4.41. The molecule has 0 saturated carbocycles. The molecule has 1 rings (SSSR count). The zero-order chi connectivity index (χ0) is 13.4. The van der Waals surface area contributed by atoms with Crippen LogP contribution >= 0.6 is 24.0 Å². The summed E-state index contributed by atoms with van der Waals surface area (Å²) in [5.41, 5.74) is 0. The van der Waals surface area contributed by atoms with E-state index in [0.717, 1.165) is 32.1 Å². The Balaban J connectivity index is 0.00000324. The molecule has 0 aromatic rings. The van der Waals surface area contributed by atoms with Crippen LogP contribution in [0.25, 0.3) is 0 Å². The van der Waals surface area contributed by atoms with Gasteiger partial charge in [0.2, 0.25) is 0 Å². The second kappa shape index (κ2) is 10.2. The number of methoxy groups -OCH3 is 1. The number of rotatable bonds is 5. The molecule has 0 amide bonds. The number of carbonyl (C=O) groups is 1. The Morgan fingerprint density at radius 2 is 2.32 bits per heavy atom. The lowest BCUT2D eigenvalue weighted by Gasteiger charge is -2.24. The Morgan fingerprint density at radius 3 is 2.84 bits per heavy atom. The summed E-state index contributed by atoms with van der Waals surface area (Å²) in [5, 5.41) is 3.14. The number of hydrogen-bond donors (Lipinski definition) is 1. The third kappa shape index (κ3) is 6.95. The highest BCUT2D eigenvalue weighted by molar-refractivity contribution is 14.0. The van der Waals surface area contributed by atoms with E-state index in [1.54, 1.807) is 7.05 Å². The average molecular weight is 385 g/mol. The molecule has 0 spiro atoms. The van der Waals surface area contributed by atoms with Crippen LogP contribution in [-0.2, 0) is 14.3 Å². The van der Waals surface area contributed by atoms with E-state index < -0.39 is 0 Å². The Labute approximate surface area is 131 Å². The maximum atomic E-state index is 11.0. The predicted octanol–water partition coefficient (Wildman–Crippen LogP) is 0.711. The third-order valence-corrected chi connectivity index (χ3v) is 2.97. The van der Waals surface area contributed by atoms with E-state index in [4.69, 9.17) is 4.74 Å². The molecule has 1 saturated heterocycles. The van der Waals surface area contributed by atoms with Gasteiger partial charge in [0.15, 0.2) is 5.96 Å². The molecule has 0 aromatic heterocycles. The van der Waals surface area contributed by atoms with Crippen molar-refractivity contribution in [2.24, 2.45) is 10.9 Å². The van der Waals surface area contributed by atoms with Gasteiger partial charge in [0, 0.05) is 39.7 Å². The molecule has 0 radical (unpaired) electrons. The van der Waals surface area contributed by atoms with E-state index >= 15 is 0 Å². The molecule has 1 fully saturated rings. The van der Waals surface area contributed by atoms with Crippen LogP contribution in [0.15, 0.2) is 4.99 Å². The van der Waals surface area contributed by atoms with Gasteiger partial charge in [-0.3, -0.25) is 9.79 Å². The number of carbonyl (C=O) groups excluding carboxylic acids is 1. The number of nitrogens with zero attached hydrogens (tertiary/aromatic N) is 2. The lowest BCUT2D eigenvalue weighted by atomic mass is 10.1. The molecule has 6 nitrogen and oxygen atoms in total. The van der Waals surface area contributed by atoms with Crippen molar-refractivity contribution in [1.82, 2.24) is 10.2 Å². The fraction of sp³-hybridized carbons (Fsp3) is 0.833. The van der Waals surface area contributed by atoms with Crippen LogP contribution in [0.4, 0.5) is 0 Å². The molecule has 19 heavy (non-hydrogen) atoms. The van der Waals surface area contributed by atoms with Gasteiger partial charge >= 0.3 is 5.97 Å². The fourth-order valence-corrected chi connectivity index (χ4v) is 1.96. The first-order valence-corrected chi connectivity index (χ1v) is 6.23. The van der Waals surface area contributed by atoms with Crippen LogP contribution in [-0.4, -0.2) is 64.3 Å². The van der Waals surface area contributed by atoms with Gasteiger partial charge in [-0.25, -0.2) is 0 Å². The molecule has 0 bridgehead atoms. The lowest BCUT2D eigenvalue weighted by Crippen LogP contribution is -2.42. The van der Waals surface area contributed by atoms with Crippen LogP contribution in [0.1, 0.15) is 12.8 Å². The van der Waals surface area contributed by atoms with Crippen molar-refractivity contribution >= 4 is 35.9 Å². The largest absolute Gasteiger partial charge is 0.469 e. The minimum Gasteiger partial charge on any atom is -0.469 e. The van der Waals surface area contributed by atoms with Crippen molar-refractivity contribution in [1.29, 1.82) is 0 Å². The summed E-state index contributed by atoms with van der Waals surface area (Å²) in [7, 11) is 5.12. The summed E-state index contributed by atoms with van der Waals surface area (Å²) in [5.74, 6) is 1.14. The number of esters is 1. The first-order valence-electron chi connectivity index (χ1n) is 6.23. The van der Waals surface area contributed by atoms with Crippen molar-refractivity contribution in [3.63, 3.8) is 0 Å². The normalized spacial score (nSPS) is 18.7. The zero-order valence-electron chi connectivity index (χ0n) is 11.8. The van der Waals surface area contributed by atoms with E-state index in [0.29, 0.717) is 18.9 Å². The van der Waals surface area contributed by atoms with E-state index in [-0.39, 0.29) is 29.9 Å². The smallest absolute Gasteiger partial charge is 0.307 e. The summed E-state index contributed by atoms with van der Waals surface area (Å²) in [6, 6.07) is 0. The monoisotopic (exact) mass is 385 g/mol. The van der Waals surface area contributed by atoms with Gasteiger partial charge in [0.05, 0.1) is 20.1 Å². The first kappa shape index (κ1) is 18.4. The molecular weight excluding hydrogens is 361 g/mol. The quantitative estimate of drug-likeness (QED) is 0.327. The van der Waals surface area contributed by atoms with Gasteiger partial charge in [-0.1, -0.05) is 0 Å². The molecule has 0 aromatic carbocycles. The van der Waals surface area contributed by atoms with E-state index in [9.17, 15) is 4.79 Å². The molecule has 0 aliphatic carbocycles. The van der Waals surface area contributed by atoms with Crippen molar-refractivity contribution in [3.05, 3.63) is 0 Å². The van der Waals surface area contributed by atoms with Crippen molar-refractivity contribution in [2.75, 3.05) is 47.5 Å². The molecular formula is C12H24IN3O3. The zero-order valence-corrected chi connectivity index (χ0v) is 14.2. The molecule has 1 unspecified atom stereocenters. The highest BCUT2D eigenvalue weighted by Crippen LogP contribution is 2.13. The van der Waals surface area contributed by atoms with E-state index in [1.165, 1.54) is 7.11 Å². The van der Waals surface area contributed by atoms with Gasteiger partial charge in [-0.2, -0.15) is 0 Å². The number of aliphatic imine (C=N–C) groups is 1. The number of guanidine groups is 1. The number of nitrogens with one attached hydrogen (secondary N) is 1. The van der Waals surface area contributed by atoms with Gasteiger partial charge in [-0.15, -0.1) is 24.0 Å². The van der Waals surface area contributed by atoms with Crippen LogP contribution in [0.5, 0.6) is 0 Å². The Kier molecular flexibility index (Phi) is 9.94. The molecule has 1 aliphatic heterocycles. The summed E-state index contributed by atoms with van der Waals surface area (Å²) in [4.78, 5) is 17.3. The van der Waals surface area contributed by atoms with Crippen molar-refractivity contribution in [2.45, 2.75) is 12.8 Å². The predicted molar refractivity (Wildman–Crippen MR) is 85.0 cm³/mol. The second-order valence-corrected chi connectivity index (χ2v) is 4.41. The molecule has 112 valence electrons. The first-order chi connectivity index (χ1) is 8.67. The standard InChI is InChI=1S/C12H23N3O3.HI/c1-13-12(14-6-4-11(16)17-3)15(2)8-10-5-7-18-9-10;/h10H,4-9H2,1-3H3,(H,13,14);1H. The Bertz CT molecular complexity index is 294. The maximum Gasteiger partial charge on any atom is 0.307 e. The van der Waals surface area contributed by atoms with Gasteiger partial charge < -0.3 is 19.7 Å². The van der Waals surface area contributed by atoms with Gasteiger partial charge in [-0.05, 0) is 6.42 Å². The summed E-state index contributed by atoms with van der Waals surface area (Å²) in [6.45, 7) is 3.12. The average Bonchev–Trinajstić information content (AvgIpc) is 2.86. The van der Waals surface area contributed by atoms with Crippen LogP contribution in [0.3, 0.4) is 0 Å². The van der Waals surface area contributed by atoms with Crippen LogP contribution < -0.4 is 5.32 Å². The lowest BCUT2D eigenvalue weighted by molar-refractivity contribution is -0.140. The number of ether oxygens (including phenoxy) is 2. The molecule has 1 heterocycles. The molecule has 1 atom stereocenters. The Morgan fingerprint density at radius 1 is 1.58 bits per heavy atom. The van der Waals surface area contributed by atoms with Gasteiger partial charge in [0.25, 0.3) is 0 Å². The molecule has 1 aliphatic rings. The summed E-state index contributed by atoms with van der Waals surface area (Å²) in [6.07, 6.45) is 1.44. The highest BCUT2D eigenvalue weighted by Gasteiger charge is 2.18. The van der Waals surface area contributed by atoms with Crippen LogP contribution in [0.2, 0.25) is 0 Å². The summed E-state index contributed by atoms with van der Waals surface area (Å²) < 4.78 is 9.94. The molecule has 7 heteroatoms. The highest BCUT2D eigenvalue weighted by atomic mass is 127. The molecule has 1 N–H and O–H groups in total. The summed E-state index contributed by atoms with van der Waals surface area (Å²) >= 11 is 0. The van der Waals surface area contributed by atoms with Crippen molar-refractivity contribution in [3.8, 4) is 0 Å². The number of hydrogen-bond acceptors (Lipinski definition) is 4. The fourth-order valence-electron chi connectivity index (χ4n) is 1.96. The van der Waals surface area contributed by atoms with Gasteiger partial charge in [0.1, 0.15) is 0 Å². The maximum absolute atomic E-state index is 11.0. The number of halogens is 1. The third-order valence-electron chi connectivity index (χ3n) is 2.97. The minimum absolute atomic E-state index is 0. The topological polar surface area (TPSA) is 63.2 Å². The minimum atomic E-state index is -0.218. The van der Waals surface area contributed by atoms with E-state index in [2.05, 4.69) is 19.9 Å². The SMILES string of the molecule is CN=C(NCCC(=O)OC)N(C)CC1CCOC1.I. The van der Waals surface area contributed by atoms with E-state index in [1.807, 2.05) is 7.05 Å². The van der Waals surface area contributed by atoms with Crippen molar-refractivity contribution < 1.29 is 14.3 Å².